The summed E-state index contributed by atoms with van der Waals surface area (Å²) in [6.07, 6.45) is 6.60. The van der Waals surface area contributed by atoms with Crippen LogP contribution in [0.1, 0.15) is 62.4 Å². The summed E-state index contributed by atoms with van der Waals surface area (Å²) in [6.45, 7) is 5.75. The van der Waals surface area contributed by atoms with Crippen molar-refractivity contribution in [2.45, 2.75) is 64.6 Å². The number of nitriles is 1. The van der Waals surface area contributed by atoms with Crippen molar-refractivity contribution in [3.8, 4) is 17.5 Å². The van der Waals surface area contributed by atoms with Crippen LogP contribution in [-0.4, -0.2) is 44.5 Å². The topological polar surface area (TPSA) is 129 Å². The lowest BCUT2D eigenvalue weighted by Gasteiger charge is -2.41. The number of hydrogen-bond acceptors (Lipinski definition) is 6. The number of nitrogens with one attached hydrogen (secondary N) is 1. The lowest BCUT2D eigenvalue weighted by Crippen LogP contribution is -2.47. The molecule has 34 heavy (non-hydrogen) atoms. The maximum atomic E-state index is 12.3. The van der Waals surface area contributed by atoms with Gasteiger partial charge in [-0.25, -0.2) is 4.52 Å². The van der Waals surface area contributed by atoms with Crippen LogP contribution in [0.5, 0.6) is 0 Å². The molecule has 3 N–H and O–H groups in total. The second kappa shape index (κ2) is 9.51. The molecule has 3 aromatic rings. The van der Waals surface area contributed by atoms with Crippen LogP contribution in [0.3, 0.4) is 0 Å². The number of fused-ring (bicyclic) bond motifs is 1. The van der Waals surface area contributed by atoms with E-state index in [1.165, 1.54) is 12.4 Å². The van der Waals surface area contributed by atoms with Crippen molar-refractivity contribution in [3.63, 3.8) is 0 Å². The Morgan fingerprint density at radius 1 is 1.21 bits per heavy atom. The Balaban J connectivity index is 1.73. The number of carbonyl (C=O) groups excluding carboxylic acids is 2. The van der Waals surface area contributed by atoms with E-state index >= 15 is 0 Å². The first-order valence-electron chi connectivity index (χ1n) is 11.5. The number of nitrogens with two attached hydrogens (primary N) is 1. The molecule has 3 heterocycles. The van der Waals surface area contributed by atoms with E-state index in [1.54, 1.807) is 17.5 Å². The minimum atomic E-state index is -0.525. The monoisotopic (exact) mass is 459 g/mol. The van der Waals surface area contributed by atoms with Crippen LogP contribution in [0.2, 0.25) is 0 Å². The molecule has 3 aromatic heterocycles. The number of primary amides is 1. The predicted molar refractivity (Wildman–Crippen MR) is 129 cm³/mol. The van der Waals surface area contributed by atoms with Gasteiger partial charge in [-0.3, -0.25) is 14.6 Å². The molecule has 1 aliphatic carbocycles. The van der Waals surface area contributed by atoms with Gasteiger partial charge in [-0.15, -0.1) is 0 Å². The van der Waals surface area contributed by atoms with Crippen LogP contribution >= 0.6 is 0 Å². The van der Waals surface area contributed by atoms with Crippen molar-refractivity contribution >= 4 is 23.0 Å². The van der Waals surface area contributed by atoms with Crippen molar-refractivity contribution in [1.82, 2.24) is 19.9 Å². The summed E-state index contributed by atoms with van der Waals surface area (Å²) in [5.74, 6) is -0.530. The molecular formula is C25H29N7O2. The molecule has 0 bridgehead atoms. The summed E-state index contributed by atoms with van der Waals surface area (Å²) in [5, 5.41) is 16.6. The molecule has 176 valence electrons. The van der Waals surface area contributed by atoms with E-state index in [0.29, 0.717) is 16.8 Å². The number of amides is 2. The van der Waals surface area contributed by atoms with E-state index in [4.69, 9.17) is 11.0 Å². The molecule has 0 radical (unpaired) electrons. The van der Waals surface area contributed by atoms with Crippen LogP contribution in [-0.2, 0) is 4.79 Å². The highest BCUT2D eigenvalue weighted by molar-refractivity contribution is 5.99. The van der Waals surface area contributed by atoms with Gasteiger partial charge in [0.05, 0.1) is 39.9 Å². The minimum Gasteiger partial charge on any atom is -0.365 e. The number of carbonyl (C=O) groups is 2. The lowest BCUT2D eigenvalue weighted by molar-refractivity contribution is -0.119. The van der Waals surface area contributed by atoms with Crippen molar-refractivity contribution in [2.75, 3.05) is 4.90 Å². The largest absolute Gasteiger partial charge is 0.365 e. The van der Waals surface area contributed by atoms with Crippen LogP contribution in [0, 0.1) is 11.3 Å². The quantitative estimate of drug-likeness (QED) is 0.583. The third kappa shape index (κ3) is 4.57. The Labute approximate surface area is 198 Å². The van der Waals surface area contributed by atoms with Crippen molar-refractivity contribution < 1.29 is 9.59 Å². The van der Waals surface area contributed by atoms with Crippen LogP contribution in [0.25, 0.3) is 16.9 Å². The van der Waals surface area contributed by atoms with Gasteiger partial charge in [-0.2, -0.15) is 10.4 Å². The Hall–Kier alpha value is -3.93. The molecule has 4 rings (SSSR count). The van der Waals surface area contributed by atoms with Crippen LogP contribution in [0.15, 0.2) is 36.7 Å². The van der Waals surface area contributed by atoms with Gasteiger partial charge >= 0.3 is 0 Å². The SMILES string of the molecule is CC(=O)NC1CCC(N(c2cc(-c3ccc4cc(C#N)cnn34)ncc2C(N)=O)C(C)C)CC1. The zero-order chi connectivity index (χ0) is 24.4. The minimum absolute atomic E-state index is 0.00567. The average molecular weight is 460 g/mol. The number of aromatic nitrogens is 3. The van der Waals surface area contributed by atoms with Gasteiger partial charge in [0.15, 0.2) is 0 Å². The number of nitrogens with zero attached hydrogens (tertiary/aromatic N) is 5. The molecule has 0 aromatic carbocycles. The molecule has 0 atom stereocenters. The fraction of sp³-hybridized carbons (Fsp3) is 0.400. The fourth-order valence-corrected chi connectivity index (χ4v) is 4.92. The summed E-state index contributed by atoms with van der Waals surface area (Å²) in [6, 6.07) is 10.1. The maximum Gasteiger partial charge on any atom is 0.252 e. The van der Waals surface area contributed by atoms with Crippen LogP contribution in [0.4, 0.5) is 5.69 Å². The predicted octanol–water partition coefficient (Wildman–Crippen LogP) is 3.03. The zero-order valence-corrected chi connectivity index (χ0v) is 19.7. The van der Waals surface area contributed by atoms with Gasteiger partial charge in [-0.1, -0.05) is 0 Å². The van der Waals surface area contributed by atoms with Gasteiger partial charge in [-0.05, 0) is 63.8 Å². The molecule has 9 heteroatoms. The molecule has 0 aliphatic heterocycles. The molecule has 1 fully saturated rings. The molecule has 0 spiro atoms. The number of hydrogen-bond donors (Lipinski definition) is 2. The Morgan fingerprint density at radius 2 is 1.94 bits per heavy atom. The second-order valence-electron chi connectivity index (χ2n) is 9.07. The lowest BCUT2D eigenvalue weighted by atomic mass is 9.88. The Bertz CT molecular complexity index is 1270. The summed E-state index contributed by atoms with van der Waals surface area (Å²) < 4.78 is 1.73. The van der Waals surface area contributed by atoms with E-state index in [1.807, 2.05) is 18.2 Å². The second-order valence-corrected chi connectivity index (χ2v) is 9.07. The molecule has 2 amide bonds. The van der Waals surface area contributed by atoms with Gasteiger partial charge < -0.3 is 16.0 Å². The molecular weight excluding hydrogens is 430 g/mol. The molecule has 0 unspecified atom stereocenters. The van der Waals surface area contributed by atoms with E-state index < -0.39 is 5.91 Å². The molecule has 9 nitrogen and oxygen atoms in total. The van der Waals surface area contributed by atoms with Gasteiger partial charge in [0, 0.05) is 31.2 Å². The van der Waals surface area contributed by atoms with E-state index in [9.17, 15) is 9.59 Å². The van der Waals surface area contributed by atoms with Crippen molar-refractivity contribution in [2.24, 2.45) is 5.73 Å². The number of pyridine rings is 1. The van der Waals surface area contributed by atoms with E-state index in [2.05, 4.69) is 40.2 Å². The number of anilines is 1. The molecule has 1 aliphatic rings. The number of rotatable bonds is 6. The molecule has 1 saturated carbocycles. The molecule has 0 saturated heterocycles. The Kier molecular flexibility index (Phi) is 6.50. The van der Waals surface area contributed by atoms with E-state index in [0.717, 1.165) is 42.6 Å². The smallest absolute Gasteiger partial charge is 0.252 e. The van der Waals surface area contributed by atoms with E-state index in [-0.39, 0.29) is 24.0 Å². The Morgan fingerprint density at radius 3 is 2.56 bits per heavy atom. The summed E-state index contributed by atoms with van der Waals surface area (Å²) in [5.41, 5.74) is 9.56. The van der Waals surface area contributed by atoms with Crippen molar-refractivity contribution in [1.29, 1.82) is 5.26 Å². The summed E-state index contributed by atoms with van der Waals surface area (Å²) in [4.78, 5) is 30.6. The third-order valence-electron chi connectivity index (χ3n) is 6.37. The highest BCUT2D eigenvalue weighted by Crippen LogP contribution is 2.34. The third-order valence-corrected chi connectivity index (χ3v) is 6.37. The first kappa shape index (κ1) is 23.2. The first-order valence-corrected chi connectivity index (χ1v) is 11.5. The first-order chi connectivity index (χ1) is 16.3. The van der Waals surface area contributed by atoms with Gasteiger partial charge in [0.25, 0.3) is 5.91 Å². The maximum absolute atomic E-state index is 12.3. The fourth-order valence-electron chi connectivity index (χ4n) is 4.92. The zero-order valence-electron chi connectivity index (χ0n) is 19.7. The highest BCUT2D eigenvalue weighted by atomic mass is 16.1. The highest BCUT2D eigenvalue weighted by Gasteiger charge is 2.30. The normalized spacial score (nSPS) is 18.0. The van der Waals surface area contributed by atoms with Crippen LogP contribution < -0.4 is 16.0 Å². The van der Waals surface area contributed by atoms with Crippen molar-refractivity contribution in [3.05, 3.63) is 47.8 Å². The standard InChI is InChI=1S/C25H29N7O2/c1-15(2)31(19-6-4-18(5-7-19)30-16(3)33)24-11-22(28-14-21(24)25(27)34)23-9-8-20-10-17(12-26)13-29-32(20)23/h8-11,13-15,18-19H,4-7H2,1-3H3,(H2,27,34)(H,30,33). The van der Waals surface area contributed by atoms with Gasteiger partial charge in [0.2, 0.25) is 5.91 Å². The summed E-state index contributed by atoms with van der Waals surface area (Å²) in [7, 11) is 0. The van der Waals surface area contributed by atoms with Gasteiger partial charge in [0.1, 0.15) is 6.07 Å². The summed E-state index contributed by atoms with van der Waals surface area (Å²) >= 11 is 0. The average Bonchev–Trinajstić information content (AvgIpc) is 3.22.